The van der Waals surface area contributed by atoms with E-state index in [0.717, 1.165) is 12.8 Å². The van der Waals surface area contributed by atoms with E-state index in [0.29, 0.717) is 11.4 Å². The molecule has 1 aromatic heterocycles. The van der Waals surface area contributed by atoms with Gasteiger partial charge in [-0.15, -0.1) is 11.3 Å². The number of thiophene rings is 1. The van der Waals surface area contributed by atoms with Crippen LogP contribution in [0.5, 0.6) is 0 Å². The van der Waals surface area contributed by atoms with E-state index < -0.39 is 0 Å². The lowest BCUT2D eigenvalue weighted by Gasteiger charge is -2.18. The number of nitrogens with one attached hydrogen (secondary N) is 1. The molecule has 1 heterocycles. The van der Waals surface area contributed by atoms with E-state index in [1.54, 1.807) is 23.5 Å². The van der Waals surface area contributed by atoms with Crippen LogP contribution in [-0.2, 0) is 0 Å². The smallest absolute Gasteiger partial charge is 0.148 e. The summed E-state index contributed by atoms with van der Waals surface area (Å²) in [6.45, 7) is 2.13. The van der Waals surface area contributed by atoms with E-state index in [9.17, 15) is 4.39 Å². The third kappa shape index (κ3) is 3.01. The van der Waals surface area contributed by atoms with Crippen molar-refractivity contribution in [1.82, 2.24) is 0 Å². The van der Waals surface area contributed by atoms with Crippen LogP contribution in [0.1, 0.15) is 30.7 Å². The lowest BCUT2D eigenvalue weighted by molar-refractivity contribution is 0.620. The molecule has 0 radical (unpaired) electrons. The van der Waals surface area contributed by atoms with Crippen molar-refractivity contribution in [2.24, 2.45) is 0 Å². The summed E-state index contributed by atoms with van der Waals surface area (Å²) in [5.41, 5.74) is 6.50. The van der Waals surface area contributed by atoms with Gasteiger partial charge in [0.2, 0.25) is 0 Å². The molecular formula is C14H17FN2S. The van der Waals surface area contributed by atoms with Gasteiger partial charge in [0, 0.05) is 10.6 Å². The monoisotopic (exact) mass is 264 g/mol. The van der Waals surface area contributed by atoms with E-state index in [2.05, 4.69) is 18.3 Å². The standard InChI is InChI=1S/C14H17FN2S/c1-2-4-13(14-5-3-8-18-14)17-12-7-6-10(16)9-11(12)15/h3,5-9,13,17H,2,4,16H2,1H3. The normalized spacial score (nSPS) is 12.3. The zero-order valence-corrected chi connectivity index (χ0v) is 11.1. The summed E-state index contributed by atoms with van der Waals surface area (Å²) >= 11 is 1.69. The molecule has 3 N–H and O–H groups in total. The summed E-state index contributed by atoms with van der Waals surface area (Å²) in [5.74, 6) is -0.298. The fourth-order valence-electron chi connectivity index (χ4n) is 1.90. The van der Waals surface area contributed by atoms with Gasteiger partial charge in [-0.1, -0.05) is 19.4 Å². The Labute approximate surface area is 111 Å². The predicted molar refractivity (Wildman–Crippen MR) is 76.4 cm³/mol. The maximum absolute atomic E-state index is 13.8. The Hall–Kier alpha value is -1.55. The van der Waals surface area contributed by atoms with E-state index in [1.807, 2.05) is 11.4 Å². The summed E-state index contributed by atoms with van der Waals surface area (Å²) in [7, 11) is 0. The van der Waals surface area contributed by atoms with E-state index in [1.165, 1.54) is 10.9 Å². The average Bonchev–Trinajstić information content (AvgIpc) is 2.85. The first-order valence-corrected chi connectivity index (χ1v) is 6.93. The number of rotatable bonds is 5. The van der Waals surface area contributed by atoms with Gasteiger partial charge in [0.15, 0.2) is 0 Å². The topological polar surface area (TPSA) is 38.0 Å². The van der Waals surface area contributed by atoms with Gasteiger partial charge in [-0.3, -0.25) is 0 Å². The molecular weight excluding hydrogens is 247 g/mol. The van der Waals surface area contributed by atoms with Crippen molar-refractivity contribution in [3.05, 3.63) is 46.4 Å². The van der Waals surface area contributed by atoms with E-state index in [4.69, 9.17) is 5.73 Å². The SMILES string of the molecule is CCCC(Nc1ccc(N)cc1F)c1cccs1. The minimum Gasteiger partial charge on any atom is -0.399 e. The predicted octanol–water partition coefficient (Wildman–Crippen LogP) is 4.42. The van der Waals surface area contributed by atoms with Crippen LogP contribution in [0.2, 0.25) is 0 Å². The highest BCUT2D eigenvalue weighted by Gasteiger charge is 2.13. The summed E-state index contributed by atoms with van der Waals surface area (Å²) in [6.07, 6.45) is 2.02. The Morgan fingerprint density at radius 2 is 2.22 bits per heavy atom. The summed E-state index contributed by atoms with van der Waals surface area (Å²) < 4.78 is 13.8. The van der Waals surface area contributed by atoms with Crippen LogP contribution >= 0.6 is 11.3 Å². The van der Waals surface area contributed by atoms with Gasteiger partial charge in [-0.25, -0.2) is 4.39 Å². The quantitative estimate of drug-likeness (QED) is 0.784. The second-order valence-electron chi connectivity index (χ2n) is 4.24. The van der Waals surface area contributed by atoms with Crippen LogP contribution in [0.4, 0.5) is 15.8 Å². The molecule has 0 aliphatic rings. The first-order valence-electron chi connectivity index (χ1n) is 6.05. The van der Waals surface area contributed by atoms with Gasteiger partial charge in [0.1, 0.15) is 5.82 Å². The van der Waals surface area contributed by atoms with Gasteiger partial charge in [0.05, 0.1) is 11.7 Å². The number of hydrogen-bond acceptors (Lipinski definition) is 3. The molecule has 18 heavy (non-hydrogen) atoms. The van der Waals surface area contributed by atoms with Crippen molar-refractivity contribution in [1.29, 1.82) is 0 Å². The first-order chi connectivity index (χ1) is 8.70. The Bertz CT molecular complexity index is 497. The van der Waals surface area contributed by atoms with Crippen LogP contribution in [0.3, 0.4) is 0 Å². The molecule has 0 fully saturated rings. The number of benzene rings is 1. The van der Waals surface area contributed by atoms with Gasteiger partial charge >= 0.3 is 0 Å². The lowest BCUT2D eigenvalue weighted by Crippen LogP contribution is -2.10. The van der Waals surface area contributed by atoms with Crippen LogP contribution < -0.4 is 11.1 Å². The second-order valence-corrected chi connectivity index (χ2v) is 5.22. The van der Waals surface area contributed by atoms with E-state index in [-0.39, 0.29) is 11.9 Å². The third-order valence-corrected chi connectivity index (χ3v) is 3.77. The van der Waals surface area contributed by atoms with Crippen LogP contribution in [0.25, 0.3) is 0 Å². The Morgan fingerprint density at radius 1 is 1.39 bits per heavy atom. The number of hydrogen-bond donors (Lipinski definition) is 2. The summed E-state index contributed by atoms with van der Waals surface area (Å²) in [4.78, 5) is 1.23. The summed E-state index contributed by atoms with van der Waals surface area (Å²) in [5, 5.41) is 5.30. The zero-order chi connectivity index (χ0) is 13.0. The zero-order valence-electron chi connectivity index (χ0n) is 10.3. The first kappa shape index (κ1) is 12.9. The molecule has 1 atom stereocenters. The van der Waals surface area contributed by atoms with Crippen LogP contribution in [0, 0.1) is 5.82 Å². The van der Waals surface area contributed by atoms with Gasteiger partial charge in [0.25, 0.3) is 0 Å². The molecule has 0 amide bonds. The van der Waals surface area contributed by atoms with Gasteiger partial charge in [-0.2, -0.15) is 0 Å². The number of nitrogen functional groups attached to an aromatic ring is 1. The molecule has 96 valence electrons. The molecule has 0 aliphatic carbocycles. The fourth-order valence-corrected chi connectivity index (χ4v) is 2.71. The van der Waals surface area contributed by atoms with Crippen molar-refractivity contribution in [3.63, 3.8) is 0 Å². The van der Waals surface area contributed by atoms with E-state index >= 15 is 0 Å². The maximum Gasteiger partial charge on any atom is 0.148 e. The van der Waals surface area contributed by atoms with Crippen molar-refractivity contribution in [2.75, 3.05) is 11.1 Å². The summed E-state index contributed by atoms with van der Waals surface area (Å²) in [6, 6.07) is 9.01. The molecule has 0 aliphatic heterocycles. The molecule has 1 aromatic carbocycles. The highest BCUT2D eigenvalue weighted by Crippen LogP contribution is 2.29. The maximum atomic E-state index is 13.8. The van der Waals surface area contributed by atoms with Crippen LogP contribution in [-0.4, -0.2) is 0 Å². The van der Waals surface area contributed by atoms with Crippen molar-refractivity contribution in [2.45, 2.75) is 25.8 Å². The van der Waals surface area contributed by atoms with Gasteiger partial charge < -0.3 is 11.1 Å². The molecule has 1 unspecified atom stereocenters. The molecule has 4 heteroatoms. The second kappa shape index (κ2) is 5.87. The molecule has 2 nitrogen and oxygen atoms in total. The lowest BCUT2D eigenvalue weighted by atomic mass is 10.1. The number of halogens is 1. The fraction of sp³-hybridized carbons (Fsp3) is 0.286. The largest absolute Gasteiger partial charge is 0.399 e. The Kier molecular flexibility index (Phi) is 4.20. The van der Waals surface area contributed by atoms with Crippen molar-refractivity contribution >= 4 is 22.7 Å². The van der Waals surface area contributed by atoms with Crippen molar-refractivity contribution in [3.8, 4) is 0 Å². The Morgan fingerprint density at radius 3 is 2.83 bits per heavy atom. The Balaban J connectivity index is 2.18. The average molecular weight is 264 g/mol. The molecule has 0 saturated carbocycles. The molecule has 0 bridgehead atoms. The van der Waals surface area contributed by atoms with Crippen molar-refractivity contribution < 1.29 is 4.39 Å². The van der Waals surface area contributed by atoms with Crippen LogP contribution in [0.15, 0.2) is 35.7 Å². The van der Waals surface area contributed by atoms with Gasteiger partial charge in [-0.05, 0) is 36.1 Å². The number of nitrogens with two attached hydrogens (primary N) is 1. The molecule has 2 rings (SSSR count). The molecule has 0 spiro atoms. The number of anilines is 2. The minimum absolute atomic E-state index is 0.160. The molecule has 2 aromatic rings. The molecule has 0 saturated heterocycles. The highest BCUT2D eigenvalue weighted by molar-refractivity contribution is 7.10. The minimum atomic E-state index is -0.298. The highest BCUT2D eigenvalue weighted by atomic mass is 32.1. The third-order valence-electron chi connectivity index (χ3n) is 2.79.